The van der Waals surface area contributed by atoms with Crippen molar-refractivity contribution in [3.8, 4) is 0 Å². The monoisotopic (exact) mass is 257 g/mol. The standard InChI is InChI=1S/C16H23N3/c1-4-19-8-7-18-16(19)11-15(17)10-14-9-12(2)5-6-13(14)3/h5-9,15H,4,10-11,17H2,1-3H3. The van der Waals surface area contributed by atoms with Gasteiger partial charge in [-0.3, -0.25) is 0 Å². The summed E-state index contributed by atoms with van der Waals surface area (Å²) in [5.74, 6) is 1.08. The Morgan fingerprint density at radius 2 is 2.05 bits per heavy atom. The van der Waals surface area contributed by atoms with E-state index < -0.39 is 0 Å². The Hall–Kier alpha value is -1.61. The van der Waals surface area contributed by atoms with E-state index in [2.05, 4.69) is 48.5 Å². The Labute approximate surface area is 115 Å². The van der Waals surface area contributed by atoms with Crippen molar-refractivity contribution in [2.24, 2.45) is 5.73 Å². The fraction of sp³-hybridized carbons (Fsp3) is 0.438. The minimum Gasteiger partial charge on any atom is -0.335 e. The molecule has 1 unspecified atom stereocenters. The number of imidazole rings is 1. The second-order valence-electron chi connectivity index (χ2n) is 5.23. The Bertz CT molecular complexity index is 543. The van der Waals surface area contributed by atoms with E-state index in [-0.39, 0.29) is 6.04 Å². The third kappa shape index (κ3) is 3.44. The maximum Gasteiger partial charge on any atom is 0.110 e. The molecule has 2 rings (SSSR count). The minimum absolute atomic E-state index is 0.119. The molecular formula is C16H23N3. The molecule has 0 bridgehead atoms. The van der Waals surface area contributed by atoms with Crippen LogP contribution in [0, 0.1) is 13.8 Å². The van der Waals surface area contributed by atoms with Crippen molar-refractivity contribution in [1.82, 2.24) is 9.55 Å². The van der Waals surface area contributed by atoms with Crippen LogP contribution in [0.5, 0.6) is 0 Å². The lowest BCUT2D eigenvalue weighted by molar-refractivity contribution is 0.601. The van der Waals surface area contributed by atoms with Crippen molar-refractivity contribution in [1.29, 1.82) is 0 Å². The number of nitrogens with two attached hydrogens (primary N) is 1. The number of aromatic nitrogens is 2. The van der Waals surface area contributed by atoms with E-state index in [0.29, 0.717) is 0 Å². The molecule has 1 aromatic carbocycles. The third-order valence-electron chi connectivity index (χ3n) is 3.57. The van der Waals surface area contributed by atoms with Crippen molar-refractivity contribution in [2.45, 2.75) is 46.2 Å². The summed E-state index contributed by atoms with van der Waals surface area (Å²) in [4.78, 5) is 4.39. The highest BCUT2D eigenvalue weighted by Crippen LogP contribution is 2.14. The maximum absolute atomic E-state index is 6.29. The predicted molar refractivity (Wildman–Crippen MR) is 79.2 cm³/mol. The molecular weight excluding hydrogens is 234 g/mol. The van der Waals surface area contributed by atoms with Crippen LogP contribution in [0.25, 0.3) is 0 Å². The summed E-state index contributed by atoms with van der Waals surface area (Å²) >= 11 is 0. The molecule has 0 radical (unpaired) electrons. The summed E-state index contributed by atoms with van der Waals surface area (Å²) in [6.45, 7) is 7.35. The van der Waals surface area contributed by atoms with Crippen LogP contribution in [0.15, 0.2) is 30.6 Å². The van der Waals surface area contributed by atoms with Crippen LogP contribution in [-0.2, 0) is 19.4 Å². The largest absolute Gasteiger partial charge is 0.335 e. The number of nitrogens with zero attached hydrogens (tertiary/aromatic N) is 2. The van der Waals surface area contributed by atoms with Gasteiger partial charge in [0, 0.05) is 31.4 Å². The van der Waals surface area contributed by atoms with Crippen LogP contribution in [0.2, 0.25) is 0 Å². The zero-order chi connectivity index (χ0) is 13.8. The summed E-state index contributed by atoms with van der Waals surface area (Å²) < 4.78 is 2.16. The van der Waals surface area contributed by atoms with Gasteiger partial charge in [0.25, 0.3) is 0 Å². The van der Waals surface area contributed by atoms with Crippen LogP contribution in [0.1, 0.15) is 29.4 Å². The lowest BCUT2D eigenvalue weighted by Crippen LogP contribution is -2.27. The highest BCUT2D eigenvalue weighted by Gasteiger charge is 2.11. The Morgan fingerprint density at radius 1 is 1.26 bits per heavy atom. The average Bonchev–Trinajstić information content (AvgIpc) is 2.81. The molecule has 2 aromatic rings. The van der Waals surface area contributed by atoms with E-state index in [4.69, 9.17) is 5.73 Å². The number of hydrogen-bond acceptors (Lipinski definition) is 2. The summed E-state index contributed by atoms with van der Waals surface area (Å²) in [7, 11) is 0. The molecule has 0 saturated carbocycles. The Kier molecular flexibility index (Phi) is 4.38. The summed E-state index contributed by atoms with van der Waals surface area (Å²) in [6, 6.07) is 6.67. The lowest BCUT2D eigenvalue weighted by Gasteiger charge is -2.14. The first-order valence-electron chi connectivity index (χ1n) is 6.92. The van der Waals surface area contributed by atoms with Crippen molar-refractivity contribution in [3.63, 3.8) is 0 Å². The minimum atomic E-state index is 0.119. The Balaban J connectivity index is 2.05. The molecule has 1 aromatic heterocycles. The molecule has 0 aliphatic heterocycles. The van der Waals surface area contributed by atoms with E-state index >= 15 is 0 Å². The second-order valence-corrected chi connectivity index (χ2v) is 5.23. The molecule has 19 heavy (non-hydrogen) atoms. The van der Waals surface area contributed by atoms with Crippen molar-refractivity contribution in [2.75, 3.05) is 0 Å². The van der Waals surface area contributed by atoms with Gasteiger partial charge in [-0.15, -0.1) is 0 Å². The zero-order valence-electron chi connectivity index (χ0n) is 12.1. The first kappa shape index (κ1) is 13.8. The number of aryl methyl sites for hydroxylation is 3. The number of rotatable bonds is 5. The van der Waals surface area contributed by atoms with Crippen molar-refractivity contribution < 1.29 is 0 Å². The van der Waals surface area contributed by atoms with Gasteiger partial charge in [0.15, 0.2) is 0 Å². The lowest BCUT2D eigenvalue weighted by atomic mass is 9.98. The molecule has 0 aliphatic rings. The van der Waals surface area contributed by atoms with Gasteiger partial charge in [0.2, 0.25) is 0 Å². The van der Waals surface area contributed by atoms with E-state index in [1.54, 1.807) is 0 Å². The second kappa shape index (κ2) is 6.02. The van der Waals surface area contributed by atoms with Crippen LogP contribution in [0.4, 0.5) is 0 Å². The molecule has 1 heterocycles. The molecule has 0 spiro atoms. The SMILES string of the molecule is CCn1ccnc1CC(N)Cc1cc(C)ccc1C. The summed E-state index contributed by atoms with van der Waals surface area (Å²) in [5.41, 5.74) is 10.2. The van der Waals surface area contributed by atoms with Crippen LogP contribution in [-0.4, -0.2) is 15.6 Å². The van der Waals surface area contributed by atoms with E-state index in [9.17, 15) is 0 Å². The smallest absolute Gasteiger partial charge is 0.110 e. The first-order valence-corrected chi connectivity index (χ1v) is 6.92. The van der Waals surface area contributed by atoms with E-state index in [0.717, 1.165) is 25.2 Å². The molecule has 102 valence electrons. The van der Waals surface area contributed by atoms with Crippen LogP contribution < -0.4 is 5.73 Å². The van der Waals surface area contributed by atoms with Gasteiger partial charge in [-0.25, -0.2) is 4.98 Å². The maximum atomic E-state index is 6.29. The molecule has 3 heteroatoms. The average molecular weight is 257 g/mol. The van der Waals surface area contributed by atoms with Crippen LogP contribution >= 0.6 is 0 Å². The van der Waals surface area contributed by atoms with Gasteiger partial charge < -0.3 is 10.3 Å². The zero-order valence-corrected chi connectivity index (χ0v) is 12.1. The molecule has 0 saturated heterocycles. The third-order valence-corrected chi connectivity index (χ3v) is 3.57. The summed E-state index contributed by atoms with van der Waals surface area (Å²) in [6.07, 6.45) is 5.60. The predicted octanol–water partition coefficient (Wildman–Crippen LogP) is 2.63. The summed E-state index contributed by atoms with van der Waals surface area (Å²) in [5, 5.41) is 0. The van der Waals surface area contributed by atoms with Gasteiger partial charge in [0.1, 0.15) is 5.82 Å². The fourth-order valence-corrected chi connectivity index (χ4v) is 2.43. The van der Waals surface area contributed by atoms with E-state index in [1.165, 1.54) is 16.7 Å². The van der Waals surface area contributed by atoms with Crippen molar-refractivity contribution in [3.05, 3.63) is 53.1 Å². The quantitative estimate of drug-likeness (QED) is 0.895. The van der Waals surface area contributed by atoms with E-state index in [1.807, 2.05) is 12.4 Å². The molecule has 3 nitrogen and oxygen atoms in total. The highest BCUT2D eigenvalue weighted by atomic mass is 15.1. The number of benzene rings is 1. The topological polar surface area (TPSA) is 43.8 Å². The van der Waals surface area contributed by atoms with Gasteiger partial charge in [-0.2, -0.15) is 0 Å². The molecule has 0 amide bonds. The fourth-order valence-electron chi connectivity index (χ4n) is 2.43. The highest BCUT2D eigenvalue weighted by molar-refractivity contribution is 5.31. The molecule has 0 aliphatic carbocycles. The Morgan fingerprint density at radius 3 is 2.79 bits per heavy atom. The van der Waals surface area contributed by atoms with Crippen molar-refractivity contribution >= 4 is 0 Å². The molecule has 0 fully saturated rings. The van der Waals surface area contributed by atoms with Gasteiger partial charge >= 0.3 is 0 Å². The first-order chi connectivity index (χ1) is 9.10. The van der Waals surface area contributed by atoms with Gasteiger partial charge in [-0.1, -0.05) is 23.8 Å². The van der Waals surface area contributed by atoms with Crippen LogP contribution in [0.3, 0.4) is 0 Å². The van der Waals surface area contributed by atoms with Gasteiger partial charge in [0.05, 0.1) is 0 Å². The molecule has 1 atom stereocenters. The number of hydrogen-bond donors (Lipinski definition) is 1. The normalized spacial score (nSPS) is 12.6. The molecule has 2 N–H and O–H groups in total. The van der Waals surface area contributed by atoms with Gasteiger partial charge in [-0.05, 0) is 38.3 Å².